The zero-order chi connectivity index (χ0) is 24.9. The molecule has 3 amide bonds. The van der Waals surface area contributed by atoms with Gasteiger partial charge in [-0.1, -0.05) is 20.3 Å². The molecule has 0 aromatic carbocycles. The number of rotatable bonds is 1. The van der Waals surface area contributed by atoms with Crippen LogP contribution in [0.4, 0.5) is 13.6 Å². The molecule has 2 saturated carbocycles. The molecule has 2 bridgehead atoms. The fourth-order valence-electron chi connectivity index (χ4n) is 7.98. The van der Waals surface area contributed by atoms with E-state index in [4.69, 9.17) is 0 Å². The van der Waals surface area contributed by atoms with Crippen molar-refractivity contribution in [2.24, 2.45) is 23.7 Å². The third kappa shape index (κ3) is 4.61. The van der Waals surface area contributed by atoms with Crippen molar-refractivity contribution in [3.63, 3.8) is 0 Å². The lowest BCUT2D eigenvalue weighted by Gasteiger charge is -2.56. The number of alkyl halides is 2. The number of nitrogens with one attached hydrogen (secondary N) is 3. The van der Waals surface area contributed by atoms with E-state index in [9.17, 15) is 9.59 Å². The number of piperidine rings is 1. The number of hydrogen-bond acceptors (Lipinski definition) is 5. The van der Waals surface area contributed by atoms with Crippen molar-refractivity contribution in [1.29, 1.82) is 0 Å². The molecule has 10 atom stereocenters. The zero-order valence-electron chi connectivity index (χ0n) is 21.4. The van der Waals surface area contributed by atoms with Gasteiger partial charge in [0.15, 0.2) is 0 Å². The van der Waals surface area contributed by atoms with Crippen molar-refractivity contribution in [1.82, 2.24) is 25.8 Å². The van der Waals surface area contributed by atoms with Crippen LogP contribution in [0.5, 0.6) is 0 Å². The minimum absolute atomic E-state index is 0.0213. The molecule has 5 fully saturated rings. The van der Waals surface area contributed by atoms with Crippen molar-refractivity contribution < 1.29 is 18.4 Å². The number of nitrogens with zero attached hydrogens (tertiary/aromatic N) is 2. The van der Waals surface area contributed by atoms with Gasteiger partial charge in [0.2, 0.25) is 5.91 Å². The maximum atomic E-state index is 15.7. The lowest BCUT2D eigenvalue weighted by Crippen LogP contribution is -2.76. The second-order valence-corrected chi connectivity index (χ2v) is 12.0. The molecule has 5 aliphatic rings. The van der Waals surface area contributed by atoms with Crippen molar-refractivity contribution in [2.45, 2.75) is 108 Å². The highest BCUT2D eigenvalue weighted by Crippen LogP contribution is 2.42. The molecular formula is C26H43F2N5O2. The number of likely N-dealkylation sites (N-methyl/N-ethyl adjacent to an activating group) is 1. The summed E-state index contributed by atoms with van der Waals surface area (Å²) in [6, 6.07) is -1.14. The fourth-order valence-corrected chi connectivity index (χ4v) is 7.98. The fraction of sp³-hybridized carbons (Fsp3) is 0.923. The van der Waals surface area contributed by atoms with Crippen LogP contribution in [0.25, 0.3) is 0 Å². The Morgan fingerprint density at radius 2 is 1.77 bits per heavy atom. The number of carbonyl (C=O) groups is 2. The van der Waals surface area contributed by atoms with Crippen LogP contribution in [-0.4, -0.2) is 84.6 Å². The van der Waals surface area contributed by atoms with Crippen LogP contribution >= 0.6 is 0 Å². The average molecular weight is 496 g/mol. The summed E-state index contributed by atoms with van der Waals surface area (Å²) in [7, 11) is 2.14. The third-order valence-electron chi connectivity index (χ3n) is 9.71. The summed E-state index contributed by atoms with van der Waals surface area (Å²) in [6.45, 7) is 6.05. The van der Waals surface area contributed by atoms with Crippen molar-refractivity contribution in [3.8, 4) is 0 Å². The van der Waals surface area contributed by atoms with Gasteiger partial charge < -0.3 is 15.1 Å². The Bertz CT molecular complexity index is 800. The Balaban J connectivity index is 1.58. The lowest BCUT2D eigenvalue weighted by atomic mass is 9.71. The Morgan fingerprint density at radius 3 is 2.54 bits per heavy atom. The predicted molar refractivity (Wildman–Crippen MR) is 130 cm³/mol. The summed E-state index contributed by atoms with van der Waals surface area (Å²) >= 11 is 0. The molecule has 3 N–H and O–H groups in total. The van der Waals surface area contributed by atoms with Gasteiger partial charge in [0, 0.05) is 24.0 Å². The van der Waals surface area contributed by atoms with Gasteiger partial charge in [-0.3, -0.25) is 15.4 Å². The first kappa shape index (κ1) is 25.3. The predicted octanol–water partition coefficient (Wildman–Crippen LogP) is 2.81. The minimum atomic E-state index is -1.33. The van der Waals surface area contributed by atoms with Crippen LogP contribution in [0.2, 0.25) is 0 Å². The van der Waals surface area contributed by atoms with Gasteiger partial charge in [0.25, 0.3) is 0 Å². The summed E-state index contributed by atoms with van der Waals surface area (Å²) in [4.78, 5) is 30.7. The number of fused-ring (bicyclic) bond motifs is 5. The van der Waals surface area contributed by atoms with Gasteiger partial charge in [0.1, 0.15) is 12.3 Å². The lowest BCUT2D eigenvalue weighted by molar-refractivity contribution is -0.137. The molecule has 198 valence electrons. The first-order valence-corrected chi connectivity index (χ1v) is 13.9. The molecule has 5 rings (SSSR count). The molecule has 3 aliphatic heterocycles. The molecule has 7 nitrogen and oxygen atoms in total. The van der Waals surface area contributed by atoms with Gasteiger partial charge in [-0.2, -0.15) is 0 Å². The van der Waals surface area contributed by atoms with E-state index in [0.717, 1.165) is 51.6 Å². The van der Waals surface area contributed by atoms with Gasteiger partial charge >= 0.3 is 6.03 Å². The van der Waals surface area contributed by atoms with Crippen LogP contribution in [0.1, 0.15) is 65.2 Å². The second kappa shape index (κ2) is 10.2. The Morgan fingerprint density at radius 1 is 1.00 bits per heavy atom. The molecule has 9 heteroatoms. The van der Waals surface area contributed by atoms with Gasteiger partial charge in [-0.05, 0) is 76.9 Å². The summed E-state index contributed by atoms with van der Waals surface area (Å²) in [5, 5.41) is 9.54. The van der Waals surface area contributed by atoms with Crippen LogP contribution in [-0.2, 0) is 4.79 Å². The topological polar surface area (TPSA) is 76.7 Å². The summed E-state index contributed by atoms with van der Waals surface area (Å²) in [5.74, 6) is -0.949. The maximum Gasteiger partial charge on any atom is 0.325 e. The average Bonchev–Trinajstić information content (AvgIpc) is 2.82. The highest BCUT2D eigenvalue weighted by atomic mass is 19.1. The van der Waals surface area contributed by atoms with Crippen molar-refractivity contribution in [3.05, 3.63) is 0 Å². The molecule has 0 radical (unpaired) electrons. The van der Waals surface area contributed by atoms with Crippen LogP contribution in [0.3, 0.4) is 0 Å². The van der Waals surface area contributed by atoms with Crippen LogP contribution in [0, 0.1) is 23.7 Å². The van der Waals surface area contributed by atoms with E-state index in [1.807, 2.05) is 4.90 Å². The zero-order valence-corrected chi connectivity index (χ0v) is 21.4. The van der Waals surface area contributed by atoms with Crippen molar-refractivity contribution in [2.75, 3.05) is 20.1 Å². The van der Waals surface area contributed by atoms with E-state index in [0.29, 0.717) is 12.3 Å². The SMILES string of the molecule is CC(C)C1CCCC2C1N1C(=O)NC(=O)C3CC(F)C(NC31)C1C(F)CCCC1NCCCN2C. The third-order valence-corrected chi connectivity index (χ3v) is 9.71. The molecular weight excluding hydrogens is 452 g/mol. The number of imide groups is 1. The molecule has 0 aromatic rings. The minimum Gasteiger partial charge on any atom is -0.313 e. The quantitative estimate of drug-likeness (QED) is 0.522. The number of amides is 3. The van der Waals surface area contributed by atoms with Gasteiger partial charge in [-0.15, -0.1) is 0 Å². The number of halogens is 2. The van der Waals surface area contributed by atoms with Crippen molar-refractivity contribution >= 4 is 11.9 Å². The monoisotopic (exact) mass is 495 g/mol. The standard InChI is InChI=1S/C26H43F2N5O2/c1-14(2)15-7-4-10-20-23(15)33-24-16(25(34)31-26(33)35)13-18(28)22(30-24)21-17(27)8-5-9-19(21)29-11-6-12-32(20)3/h14-24,29-30H,4-13H2,1-3H3,(H,31,34,35). The van der Waals surface area contributed by atoms with E-state index < -0.39 is 42.3 Å². The Kier molecular flexibility index (Phi) is 7.39. The van der Waals surface area contributed by atoms with E-state index in [2.05, 4.69) is 41.7 Å². The highest BCUT2D eigenvalue weighted by Gasteiger charge is 2.56. The molecule has 35 heavy (non-hydrogen) atoms. The van der Waals surface area contributed by atoms with Crippen LogP contribution < -0.4 is 16.0 Å². The molecule has 3 saturated heterocycles. The molecule has 0 aromatic heterocycles. The maximum absolute atomic E-state index is 15.7. The normalized spacial score (nSPS) is 45.5. The van der Waals surface area contributed by atoms with Gasteiger partial charge in [-0.25, -0.2) is 13.6 Å². The first-order chi connectivity index (χ1) is 16.8. The number of hydrogen-bond donors (Lipinski definition) is 3. The molecule has 3 heterocycles. The smallest absolute Gasteiger partial charge is 0.313 e. The van der Waals surface area contributed by atoms with E-state index in [-0.39, 0.29) is 36.5 Å². The van der Waals surface area contributed by atoms with Gasteiger partial charge in [0.05, 0.1) is 18.1 Å². The number of urea groups is 1. The Labute approximate surface area is 208 Å². The van der Waals surface area contributed by atoms with E-state index in [1.165, 1.54) is 0 Å². The molecule has 0 spiro atoms. The van der Waals surface area contributed by atoms with Crippen LogP contribution in [0.15, 0.2) is 0 Å². The molecule has 2 aliphatic carbocycles. The summed E-state index contributed by atoms with van der Waals surface area (Å²) < 4.78 is 31.1. The van der Waals surface area contributed by atoms with E-state index >= 15 is 8.78 Å². The second-order valence-electron chi connectivity index (χ2n) is 12.0. The summed E-state index contributed by atoms with van der Waals surface area (Å²) in [6.07, 6.45) is 3.06. The Hall–Kier alpha value is -1.32. The first-order valence-electron chi connectivity index (χ1n) is 13.9. The molecule has 10 unspecified atom stereocenters. The summed E-state index contributed by atoms with van der Waals surface area (Å²) in [5.41, 5.74) is 0. The highest BCUT2D eigenvalue weighted by molar-refractivity contribution is 5.98. The largest absolute Gasteiger partial charge is 0.325 e. The van der Waals surface area contributed by atoms with E-state index in [1.54, 1.807) is 0 Å². The number of carbonyl (C=O) groups excluding carboxylic acids is 2.